The number of hydrogen-bond donors (Lipinski definition) is 2. The Balaban J connectivity index is 1.76. The molecule has 1 aromatic carbocycles. The van der Waals surface area contributed by atoms with Gasteiger partial charge in [0, 0.05) is 19.4 Å². The molecule has 6 nitrogen and oxygen atoms in total. The van der Waals surface area contributed by atoms with Crippen molar-refractivity contribution < 1.29 is 18.4 Å². The number of urea groups is 1. The van der Waals surface area contributed by atoms with Crippen LogP contribution in [0, 0.1) is 0 Å². The molecule has 138 valence electrons. The number of benzene rings is 1. The number of carbonyl (C=O) groups is 3. The molecule has 26 heavy (non-hydrogen) atoms. The van der Waals surface area contributed by atoms with E-state index in [0.717, 1.165) is 27.9 Å². The molecule has 0 atom stereocenters. The van der Waals surface area contributed by atoms with Crippen LogP contribution in [0.15, 0.2) is 12.1 Å². The molecule has 1 saturated carbocycles. The van der Waals surface area contributed by atoms with Crippen LogP contribution in [0.4, 0.5) is 4.79 Å². The summed E-state index contributed by atoms with van der Waals surface area (Å²) in [6.07, 6.45) is 2.54. The number of thiol groups is 1. The lowest BCUT2D eigenvalue weighted by Gasteiger charge is -2.25. The number of fused-ring (bicyclic) bond motifs is 2. The van der Waals surface area contributed by atoms with E-state index in [1.54, 1.807) is 0 Å². The maximum absolute atomic E-state index is 12.8. The number of amides is 3. The first-order valence-corrected chi connectivity index (χ1v) is 9.30. The molecule has 1 N–H and O–H groups in total. The zero-order chi connectivity index (χ0) is 19.1. The lowest BCUT2D eigenvalue weighted by atomic mass is 10.0. The monoisotopic (exact) mass is 414 g/mol. The van der Waals surface area contributed by atoms with Crippen molar-refractivity contribution in [3.63, 3.8) is 0 Å². The van der Waals surface area contributed by atoms with Crippen LogP contribution >= 0.6 is 36.0 Å². The highest BCUT2D eigenvalue weighted by Gasteiger charge is 2.56. The van der Waals surface area contributed by atoms with E-state index in [1.807, 2.05) is 17.0 Å². The Morgan fingerprint density at radius 1 is 1.31 bits per heavy atom. The highest BCUT2D eigenvalue weighted by Crippen LogP contribution is 2.57. The molecule has 0 bridgehead atoms. The van der Waals surface area contributed by atoms with Crippen LogP contribution in [-0.2, 0) is 21.7 Å². The number of nitrogens with zero attached hydrogens (tertiary/aromatic N) is 2. The number of aldehydes is 1. The van der Waals surface area contributed by atoms with Gasteiger partial charge in [0.2, 0.25) is 5.91 Å². The van der Waals surface area contributed by atoms with E-state index in [1.165, 1.54) is 7.05 Å². The fourth-order valence-electron chi connectivity index (χ4n) is 3.42. The Morgan fingerprint density at radius 2 is 1.96 bits per heavy atom. The van der Waals surface area contributed by atoms with Crippen LogP contribution < -0.4 is 5.32 Å². The van der Waals surface area contributed by atoms with E-state index < -0.39 is 6.03 Å². The van der Waals surface area contributed by atoms with Gasteiger partial charge >= 0.3 is 6.03 Å². The van der Waals surface area contributed by atoms with Crippen molar-refractivity contribution in [2.45, 2.75) is 37.8 Å². The second kappa shape index (κ2) is 7.21. The smallest absolute Gasteiger partial charge is 0.329 e. The predicted molar refractivity (Wildman–Crippen MR) is 102 cm³/mol. The standard InChI is InChI=1S/C17H17Cl2N3O3S/c1-20-16(25)22(26)11(9-23)2-3-15(24)21-8-10-6-13(18)14(19)7-12(10)17(21)4-5-17/h6-7,9H,2-5,8H2,1H3,(H-,20,23,25,26)/p+1. The van der Waals surface area contributed by atoms with E-state index in [-0.39, 0.29) is 30.0 Å². The first-order chi connectivity index (χ1) is 12.3. The molecule has 0 aromatic heterocycles. The molecule has 2 aliphatic rings. The number of nitrogens with one attached hydrogen (secondary N) is 1. The van der Waals surface area contributed by atoms with Crippen LogP contribution in [0.2, 0.25) is 10.0 Å². The molecule has 0 unspecified atom stereocenters. The second-order valence-corrected chi connectivity index (χ2v) is 7.63. The first kappa shape index (κ1) is 19.2. The van der Waals surface area contributed by atoms with Crippen molar-refractivity contribution >= 4 is 60.0 Å². The Hall–Kier alpha value is -1.57. The molecule has 0 radical (unpaired) electrons. The van der Waals surface area contributed by atoms with Gasteiger partial charge in [-0.05, 0) is 36.1 Å². The van der Waals surface area contributed by atoms with E-state index >= 15 is 0 Å². The summed E-state index contributed by atoms with van der Waals surface area (Å²) in [7, 11) is 1.44. The lowest BCUT2D eigenvalue weighted by Crippen LogP contribution is -2.36. The van der Waals surface area contributed by atoms with Gasteiger partial charge in [0.15, 0.2) is 12.0 Å². The quantitative estimate of drug-likeness (QED) is 0.344. The van der Waals surface area contributed by atoms with Crippen molar-refractivity contribution in [2.24, 2.45) is 0 Å². The Labute approximate surface area is 166 Å². The summed E-state index contributed by atoms with van der Waals surface area (Å²) in [6, 6.07) is 3.14. The fraction of sp³-hybridized carbons (Fsp3) is 0.412. The fourth-order valence-corrected chi connectivity index (χ4v) is 4.02. The summed E-state index contributed by atoms with van der Waals surface area (Å²) in [4.78, 5) is 37.4. The summed E-state index contributed by atoms with van der Waals surface area (Å²) in [6.45, 7) is 0.474. The largest absolute Gasteiger partial charge is 0.502 e. The first-order valence-electron chi connectivity index (χ1n) is 8.14. The van der Waals surface area contributed by atoms with Gasteiger partial charge in [-0.15, -0.1) is 3.98 Å². The molecule has 3 amide bonds. The van der Waals surface area contributed by atoms with Crippen LogP contribution in [0.5, 0.6) is 0 Å². The van der Waals surface area contributed by atoms with Gasteiger partial charge in [0.1, 0.15) is 0 Å². The minimum Gasteiger partial charge on any atom is -0.329 e. The normalized spacial score (nSPS) is 17.6. The average molecular weight is 415 g/mol. The third-order valence-electron chi connectivity index (χ3n) is 4.93. The Kier molecular flexibility index (Phi) is 5.33. The van der Waals surface area contributed by atoms with Gasteiger partial charge in [-0.2, -0.15) is 4.79 Å². The molecule has 1 aromatic rings. The maximum Gasteiger partial charge on any atom is 0.502 e. The zero-order valence-corrected chi connectivity index (χ0v) is 16.5. The van der Waals surface area contributed by atoms with Crippen molar-refractivity contribution in [1.82, 2.24) is 10.2 Å². The Bertz CT molecular complexity index is 837. The van der Waals surface area contributed by atoms with Crippen LogP contribution in [0.1, 0.15) is 36.8 Å². The number of hydrogen-bond acceptors (Lipinski definition) is 4. The molecule has 3 rings (SSSR count). The topological polar surface area (TPSA) is 69.5 Å². The van der Waals surface area contributed by atoms with Crippen molar-refractivity contribution in [2.75, 3.05) is 7.05 Å². The van der Waals surface area contributed by atoms with Gasteiger partial charge in [0.05, 0.1) is 35.4 Å². The number of carbonyl (C=O) groups excluding carboxylic acids is 3. The highest BCUT2D eigenvalue weighted by molar-refractivity contribution is 7.74. The molecule has 1 aliphatic carbocycles. The van der Waals surface area contributed by atoms with Crippen LogP contribution in [-0.4, -0.2) is 39.9 Å². The van der Waals surface area contributed by atoms with Crippen LogP contribution in [0.25, 0.3) is 0 Å². The van der Waals surface area contributed by atoms with Gasteiger partial charge in [-0.25, -0.2) is 5.32 Å². The molecular weight excluding hydrogens is 397 g/mol. The maximum atomic E-state index is 12.8. The summed E-state index contributed by atoms with van der Waals surface area (Å²) < 4.78 is 0.922. The summed E-state index contributed by atoms with van der Waals surface area (Å²) in [5.74, 6) is -0.0797. The molecule has 1 heterocycles. The molecular formula is C17H18Cl2N3O3S+. The molecule has 1 spiro atoms. The van der Waals surface area contributed by atoms with Crippen molar-refractivity contribution in [3.8, 4) is 0 Å². The van der Waals surface area contributed by atoms with Gasteiger partial charge in [-0.1, -0.05) is 23.2 Å². The van der Waals surface area contributed by atoms with E-state index in [2.05, 4.69) is 18.1 Å². The van der Waals surface area contributed by atoms with Crippen molar-refractivity contribution in [3.05, 3.63) is 33.3 Å². The molecule has 9 heteroatoms. The van der Waals surface area contributed by atoms with Gasteiger partial charge in [0.25, 0.3) is 0 Å². The van der Waals surface area contributed by atoms with Crippen LogP contribution in [0.3, 0.4) is 0 Å². The molecule has 1 fully saturated rings. The Morgan fingerprint density at radius 3 is 2.54 bits per heavy atom. The average Bonchev–Trinajstić information content (AvgIpc) is 3.36. The van der Waals surface area contributed by atoms with Gasteiger partial charge in [-0.3, -0.25) is 9.59 Å². The minimum atomic E-state index is -0.528. The SMILES string of the molecule is CNC(=O)/[N+](S)=C(\C=O)CCC(=O)N1Cc2cc(Cl)c(Cl)cc2C12CC2. The highest BCUT2D eigenvalue weighted by atomic mass is 35.5. The van der Waals surface area contributed by atoms with Crippen molar-refractivity contribution in [1.29, 1.82) is 0 Å². The second-order valence-electron chi connectivity index (χ2n) is 6.41. The minimum absolute atomic E-state index is 0.0797. The molecule has 0 saturated heterocycles. The van der Waals surface area contributed by atoms with Gasteiger partial charge < -0.3 is 4.90 Å². The predicted octanol–water partition coefficient (Wildman–Crippen LogP) is 2.94. The number of rotatable bonds is 4. The third kappa shape index (κ3) is 3.23. The van der Waals surface area contributed by atoms with E-state index in [0.29, 0.717) is 22.9 Å². The summed E-state index contributed by atoms with van der Waals surface area (Å²) >= 11 is 16.2. The third-order valence-corrected chi connectivity index (χ3v) is 6.09. The molecule has 1 aliphatic heterocycles. The van der Waals surface area contributed by atoms with E-state index in [4.69, 9.17) is 23.2 Å². The van der Waals surface area contributed by atoms with E-state index in [9.17, 15) is 14.4 Å². The zero-order valence-electron chi connectivity index (χ0n) is 14.1. The summed E-state index contributed by atoms with van der Waals surface area (Å²) in [5.41, 5.74) is 1.89. The summed E-state index contributed by atoms with van der Waals surface area (Å²) in [5, 5.41) is 3.34. The lowest BCUT2D eigenvalue weighted by molar-refractivity contribution is -0.232. The number of halogens is 2.